The third kappa shape index (κ3) is 23.5. The number of rotatable bonds is 39. The van der Waals surface area contributed by atoms with Crippen LogP contribution in [0, 0.1) is 0 Å². The summed E-state index contributed by atoms with van der Waals surface area (Å²) in [5.74, 6) is -4.55. The highest BCUT2D eigenvalue weighted by molar-refractivity contribution is 6.04. The number of primary amides is 2. The average Bonchev–Trinajstić information content (AvgIpc) is 2.33. The number of Topliss-reactive ketones (excluding diaryl/α,β-unsaturated/α-hetero) is 4. The molecule has 4 aromatic rings. The SMILES string of the molecule is COc1ccc(CC(=O)[C@@H](CCCN=C(N)N)NC(=O)c2cc(CC(=O)[C@@H](CCCN=C(N)N)NC(=O)c3cc(CC(=O)[C@H](CCCNC(N)=O)NC(=O)c4cc(CC(=O)[C@H](N)CCCN=C(N)N)ccc4OC)ccc3OC)ccc2OC)cc1C(N)=O. The van der Waals surface area contributed by atoms with Gasteiger partial charge in [0.1, 0.15) is 23.0 Å². The van der Waals surface area contributed by atoms with Gasteiger partial charge in [-0.05, 0) is 122 Å². The zero-order valence-electron chi connectivity index (χ0n) is 50.4. The lowest BCUT2D eigenvalue weighted by Crippen LogP contribution is -2.43. The molecule has 6 amide bonds. The largest absolute Gasteiger partial charge is 0.496 e. The lowest BCUT2D eigenvalue weighted by atomic mass is 9.96. The van der Waals surface area contributed by atoms with Gasteiger partial charge in [-0.15, -0.1) is 0 Å². The van der Waals surface area contributed by atoms with E-state index >= 15 is 0 Å². The number of guanidine groups is 3. The molecule has 0 saturated heterocycles. The number of amides is 6. The van der Waals surface area contributed by atoms with Crippen molar-refractivity contribution in [2.45, 2.75) is 101 Å². The number of nitrogens with one attached hydrogen (secondary N) is 4. The minimum atomic E-state index is -1.19. The molecule has 4 rings (SSSR count). The van der Waals surface area contributed by atoms with Crippen molar-refractivity contribution in [1.29, 1.82) is 0 Å². The van der Waals surface area contributed by atoms with Crippen LogP contribution in [0.15, 0.2) is 87.8 Å². The lowest BCUT2D eigenvalue weighted by molar-refractivity contribution is -0.121. The maximum atomic E-state index is 14.4. The van der Waals surface area contributed by atoms with Crippen LogP contribution >= 0.6 is 0 Å². The Bertz CT molecular complexity index is 3270. The third-order valence-electron chi connectivity index (χ3n) is 13.9. The van der Waals surface area contributed by atoms with Crippen LogP contribution in [0.2, 0.25) is 0 Å². The van der Waals surface area contributed by atoms with Gasteiger partial charge >= 0.3 is 6.03 Å². The van der Waals surface area contributed by atoms with Gasteiger partial charge in [0.25, 0.3) is 23.6 Å². The van der Waals surface area contributed by atoms with Crippen molar-refractivity contribution in [2.75, 3.05) is 54.6 Å². The standard InChI is InChI=1S/C60H82N16O13/c1-86-49-17-13-33(25-37(49)53(62)81)30-46(78)42(10-6-22-71-58(65)66)74-55(83)39-27-35(15-19-51(39)88-3)31-47(79)43(11-7-23-72-59(67)68)75-56(84)40-28-36(16-20-52(40)89-4)32-48(80)44(12-8-24-73-60(69)85)76-54(82)38-26-34(14-18-50(38)87-2)29-45(77)41(61)9-5-21-70-57(63)64/h13-20,25-28,41-44H,5-12,21-24,29-32,61H2,1-4H3,(H2,62,81)(H,74,83)(H,75,84)(H,76,82)(H4,63,64,70)(H4,65,66,71)(H4,67,68,72)(H3,69,73,85)/t41-,42-,43-,44+/m1/s1. The first-order valence-corrected chi connectivity index (χ1v) is 28.3. The van der Waals surface area contributed by atoms with Gasteiger partial charge in [0.2, 0.25) is 0 Å². The van der Waals surface area contributed by atoms with Crippen LogP contribution in [-0.2, 0) is 44.9 Å². The van der Waals surface area contributed by atoms with Crippen LogP contribution in [0.3, 0.4) is 0 Å². The molecule has 4 aromatic carbocycles. The molecule has 0 aliphatic rings. The van der Waals surface area contributed by atoms with Crippen molar-refractivity contribution in [1.82, 2.24) is 21.3 Å². The molecule has 480 valence electrons. The molecule has 0 aromatic heterocycles. The normalized spacial score (nSPS) is 12.1. The molecule has 0 spiro atoms. The van der Waals surface area contributed by atoms with E-state index in [-0.39, 0.29) is 153 Å². The molecule has 0 bridgehead atoms. The molecule has 0 radical (unpaired) electrons. The Kier molecular flexibility index (Phi) is 28.8. The number of ketones is 4. The number of carbonyl (C=O) groups is 9. The summed E-state index contributed by atoms with van der Waals surface area (Å²) in [6.07, 6.45) is 0.666. The summed E-state index contributed by atoms with van der Waals surface area (Å²) in [6, 6.07) is 13.0. The van der Waals surface area contributed by atoms with Gasteiger partial charge in [-0.1, -0.05) is 24.3 Å². The highest BCUT2D eigenvalue weighted by Crippen LogP contribution is 2.26. The molecule has 89 heavy (non-hydrogen) atoms. The molecule has 29 nitrogen and oxygen atoms in total. The van der Waals surface area contributed by atoms with Gasteiger partial charge in [-0.3, -0.25) is 53.3 Å². The quantitative estimate of drug-likeness (QED) is 0.0154. The van der Waals surface area contributed by atoms with Crippen LogP contribution < -0.4 is 91.8 Å². The first kappa shape index (κ1) is 71.2. The summed E-state index contributed by atoms with van der Waals surface area (Å²) in [4.78, 5) is 134. The molecular weight excluding hydrogens is 1150 g/mol. The Morgan fingerprint density at radius 1 is 0.404 bits per heavy atom. The molecule has 0 aliphatic heterocycles. The van der Waals surface area contributed by atoms with Crippen molar-refractivity contribution in [2.24, 2.45) is 66.6 Å². The fourth-order valence-electron chi connectivity index (χ4n) is 9.34. The van der Waals surface area contributed by atoms with Gasteiger partial charge in [0.15, 0.2) is 41.0 Å². The second-order valence-corrected chi connectivity index (χ2v) is 20.5. The zero-order valence-corrected chi connectivity index (χ0v) is 50.4. The van der Waals surface area contributed by atoms with E-state index in [9.17, 15) is 43.2 Å². The number of nitrogens with zero attached hydrogens (tertiary/aromatic N) is 3. The first-order valence-electron chi connectivity index (χ1n) is 28.3. The second kappa shape index (κ2) is 36.0. The molecule has 4 atom stereocenters. The fraction of sp³-hybridized carbons (Fsp3) is 0.400. The van der Waals surface area contributed by atoms with Gasteiger partial charge in [-0.25, -0.2) is 4.79 Å². The van der Waals surface area contributed by atoms with Crippen molar-refractivity contribution in [3.05, 3.63) is 117 Å². The lowest BCUT2D eigenvalue weighted by Gasteiger charge is -2.21. The summed E-state index contributed by atoms with van der Waals surface area (Å²) >= 11 is 0. The van der Waals surface area contributed by atoms with Crippen LogP contribution in [-0.4, -0.2) is 149 Å². The monoisotopic (exact) mass is 1230 g/mol. The maximum Gasteiger partial charge on any atom is 0.312 e. The van der Waals surface area contributed by atoms with Gasteiger partial charge in [-0.2, -0.15) is 0 Å². The van der Waals surface area contributed by atoms with Gasteiger partial charge in [0.05, 0.1) is 74.9 Å². The Morgan fingerprint density at radius 2 is 0.697 bits per heavy atom. The summed E-state index contributed by atoms with van der Waals surface area (Å²) in [6.45, 7) is 0.598. The minimum Gasteiger partial charge on any atom is -0.496 e. The molecule has 0 unspecified atom stereocenters. The Hall–Kier alpha value is -10.3. The number of urea groups is 1. The molecule has 0 fully saturated rings. The van der Waals surface area contributed by atoms with E-state index in [1.165, 1.54) is 77.0 Å². The molecule has 22 N–H and O–H groups in total. The Morgan fingerprint density at radius 3 is 1.00 bits per heavy atom. The summed E-state index contributed by atoms with van der Waals surface area (Å²) < 4.78 is 21.8. The Balaban J connectivity index is 1.60. The average molecular weight is 1240 g/mol. The first-order chi connectivity index (χ1) is 42.4. The van der Waals surface area contributed by atoms with Gasteiger partial charge < -0.3 is 91.8 Å². The number of nitrogens with two attached hydrogens (primary N) is 9. The van der Waals surface area contributed by atoms with Crippen molar-refractivity contribution in [3.63, 3.8) is 0 Å². The second-order valence-electron chi connectivity index (χ2n) is 20.5. The van der Waals surface area contributed by atoms with E-state index in [0.29, 0.717) is 41.6 Å². The fourth-order valence-corrected chi connectivity index (χ4v) is 9.34. The minimum absolute atomic E-state index is 0.0203. The smallest absolute Gasteiger partial charge is 0.312 e. The van der Waals surface area contributed by atoms with Crippen LogP contribution in [0.25, 0.3) is 0 Å². The third-order valence-corrected chi connectivity index (χ3v) is 13.9. The van der Waals surface area contributed by atoms with Crippen LogP contribution in [0.4, 0.5) is 4.79 Å². The molecule has 0 heterocycles. The van der Waals surface area contributed by atoms with Crippen molar-refractivity contribution >= 4 is 70.7 Å². The van der Waals surface area contributed by atoms with Crippen molar-refractivity contribution in [3.8, 4) is 23.0 Å². The Labute approximate surface area is 515 Å². The number of ether oxygens (including phenoxy) is 4. The summed E-state index contributed by atoms with van der Waals surface area (Å²) in [7, 11) is 5.39. The predicted molar refractivity (Wildman–Crippen MR) is 334 cm³/mol. The van der Waals surface area contributed by atoms with E-state index in [1.807, 2.05) is 0 Å². The number of hydrogen-bond acceptors (Lipinski definition) is 17. The maximum absolute atomic E-state index is 14.4. The highest BCUT2D eigenvalue weighted by atomic mass is 16.5. The topological polar surface area (TPSA) is 510 Å². The number of aliphatic imine (C=N–C) groups is 3. The number of methoxy groups -OCH3 is 4. The van der Waals surface area contributed by atoms with E-state index < -0.39 is 71.2 Å². The van der Waals surface area contributed by atoms with Crippen molar-refractivity contribution < 1.29 is 62.1 Å². The van der Waals surface area contributed by atoms with E-state index in [0.717, 1.165) is 0 Å². The zero-order chi connectivity index (χ0) is 65.7. The van der Waals surface area contributed by atoms with E-state index in [4.69, 9.17) is 70.6 Å². The molecule has 0 saturated carbocycles. The molecule has 0 aliphatic carbocycles. The summed E-state index contributed by atoms with van der Waals surface area (Å²) in [5.41, 5.74) is 51.5. The molecular formula is C60H82N16O13. The molecule has 29 heteroatoms. The van der Waals surface area contributed by atoms with E-state index in [1.54, 1.807) is 24.3 Å². The number of benzene rings is 4. The summed E-state index contributed by atoms with van der Waals surface area (Å²) in [5, 5.41) is 10.8. The van der Waals surface area contributed by atoms with Crippen LogP contribution in [0.5, 0.6) is 23.0 Å². The van der Waals surface area contributed by atoms with Crippen LogP contribution in [0.1, 0.15) is 115 Å². The van der Waals surface area contributed by atoms with E-state index in [2.05, 4.69) is 36.2 Å². The highest BCUT2D eigenvalue weighted by Gasteiger charge is 2.29. The number of hydrogen-bond donors (Lipinski definition) is 13. The number of carbonyl (C=O) groups excluding carboxylic acids is 9. The van der Waals surface area contributed by atoms with Gasteiger partial charge in [0, 0.05) is 51.9 Å². The predicted octanol–water partition coefficient (Wildman–Crippen LogP) is -0.401.